The Morgan fingerprint density at radius 2 is 1.76 bits per heavy atom. The number of ether oxygens (including phenoxy) is 2. The van der Waals surface area contributed by atoms with Crippen molar-refractivity contribution >= 4 is 22.8 Å². The number of para-hydroxylation sites is 1. The summed E-state index contributed by atoms with van der Waals surface area (Å²) in [5.41, 5.74) is 3.40. The molecule has 0 radical (unpaired) electrons. The van der Waals surface area contributed by atoms with Crippen LogP contribution < -0.4 is 0 Å². The van der Waals surface area contributed by atoms with Crippen LogP contribution in [0.2, 0.25) is 0 Å². The third-order valence-electron chi connectivity index (χ3n) is 4.66. The number of fused-ring (bicyclic) bond motifs is 3. The number of carbonyl (C=O) groups excluding carboxylic acids is 2. The molecule has 25 heavy (non-hydrogen) atoms. The molecule has 126 valence electrons. The Morgan fingerprint density at radius 1 is 1.08 bits per heavy atom. The van der Waals surface area contributed by atoms with E-state index < -0.39 is 24.1 Å². The Bertz CT molecular complexity index is 974. The maximum Gasteiger partial charge on any atom is 0.344 e. The van der Waals surface area contributed by atoms with E-state index >= 15 is 0 Å². The molecule has 5 nitrogen and oxygen atoms in total. The highest BCUT2D eigenvalue weighted by atomic mass is 16.6. The lowest BCUT2D eigenvalue weighted by atomic mass is 10.0. The lowest BCUT2D eigenvalue weighted by Gasteiger charge is -2.30. The first kappa shape index (κ1) is 15.6. The van der Waals surface area contributed by atoms with Crippen LogP contribution in [0.5, 0.6) is 0 Å². The first-order valence-electron chi connectivity index (χ1n) is 8.06. The van der Waals surface area contributed by atoms with Gasteiger partial charge in [-0.3, -0.25) is 9.36 Å². The highest BCUT2D eigenvalue weighted by Gasteiger charge is 2.42. The summed E-state index contributed by atoms with van der Waals surface area (Å²) in [6.07, 6.45) is -1.80. The molecule has 0 bridgehead atoms. The molecule has 1 aliphatic heterocycles. The van der Waals surface area contributed by atoms with Crippen molar-refractivity contribution in [1.29, 1.82) is 0 Å². The SMILES string of the molecule is COC(=O)C1OC(c2ccccc2)c2c(C)c3ccccc3n2C1=O. The lowest BCUT2D eigenvalue weighted by Crippen LogP contribution is -2.43. The summed E-state index contributed by atoms with van der Waals surface area (Å²) in [6.45, 7) is 1.97. The summed E-state index contributed by atoms with van der Waals surface area (Å²) in [7, 11) is 1.25. The summed E-state index contributed by atoms with van der Waals surface area (Å²) in [6, 6.07) is 17.2. The van der Waals surface area contributed by atoms with Crippen LogP contribution in [-0.4, -0.2) is 29.7 Å². The fraction of sp³-hybridized carbons (Fsp3) is 0.200. The average molecular weight is 335 g/mol. The standard InChI is InChI=1S/C20H17NO4/c1-12-14-10-6-7-11-15(14)21-16(12)17(13-8-4-3-5-9-13)25-18(19(21)22)20(23)24-2/h3-11,17-18H,1-2H3. The maximum absolute atomic E-state index is 13.0. The second-order valence-electron chi connectivity index (χ2n) is 6.03. The minimum absolute atomic E-state index is 0.418. The zero-order valence-corrected chi connectivity index (χ0v) is 13.9. The van der Waals surface area contributed by atoms with Crippen LogP contribution in [0.1, 0.15) is 27.7 Å². The first-order chi connectivity index (χ1) is 12.1. The Morgan fingerprint density at radius 3 is 2.48 bits per heavy atom. The van der Waals surface area contributed by atoms with Gasteiger partial charge in [-0.2, -0.15) is 0 Å². The molecule has 0 spiro atoms. The van der Waals surface area contributed by atoms with E-state index in [-0.39, 0.29) is 0 Å². The molecule has 3 aromatic rings. The van der Waals surface area contributed by atoms with Gasteiger partial charge in [0.25, 0.3) is 5.91 Å². The van der Waals surface area contributed by atoms with Gasteiger partial charge in [0, 0.05) is 5.39 Å². The summed E-state index contributed by atoms with van der Waals surface area (Å²) >= 11 is 0. The van der Waals surface area contributed by atoms with Gasteiger partial charge in [-0.05, 0) is 24.1 Å². The van der Waals surface area contributed by atoms with Crippen LogP contribution in [0.25, 0.3) is 10.9 Å². The van der Waals surface area contributed by atoms with Crippen molar-refractivity contribution < 1.29 is 19.1 Å². The lowest BCUT2D eigenvalue weighted by molar-refractivity contribution is -0.154. The van der Waals surface area contributed by atoms with Crippen molar-refractivity contribution in [2.24, 2.45) is 0 Å². The van der Waals surface area contributed by atoms with E-state index in [1.165, 1.54) is 7.11 Å². The van der Waals surface area contributed by atoms with Crippen LogP contribution >= 0.6 is 0 Å². The molecule has 0 amide bonds. The number of rotatable bonds is 2. The van der Waals surface area contributed by atoms with Gasteiger partial charge < -0.3 is 9.47 Å². The molecule has 2 unspecified atom stereocenters. The van der Waals surface area contributed by atoms with E-state index in [1.807, 2.05) is 61.5 Å². The van der Waals surface area contributed by atoms with Crippen molar-refractivity contribution in [1.82, 2.24) is 4.57 Å². The van der Waals surface area contributed by atoms with E-state index in [2.05, 4.69) is 0 Å². The quantitative estimate of drug-likeness (QED) is 0.533. The highest BCUT2D eigenvalue weighted by molar-refractivity contribution is 6.07. The van der Waals surface area contributed by atoms with Crippen LogP contribution in [0.4, 0.5) is 0 Å². The van der Waals surface area contributed by atoms with Gasteiger partial charge in [-0.1, -0.05) is 48.5 Å². The Balaban J connectivity index is 2.01. The predicted octanol–water partition coefficient (Wildman–Crippen LogP) is 3.25. The van der Waals surface area contributed by atoms with Crippen molar-refractivity contribution in [3.63, 3.8) is 0 Å². The molecule has 4 rings (SSSR count). The van der Waals surface area contributed by atoms with Crippen LogP contribution in [0.3, 0.4) is 0 Å². The molecule has 0 N–H and O–H groups in total. The van der Waals surface area contributed by atoms with Crippen molar-refractivity contribution in [2.75, 3.05) is 7.11 Å². The fourth-order valence-corrected chi connectivity index (χ4v) is 3.48. The normalized spacial score (nSPS) is 19.7. The third-order valence-corrected chi connectivity index (χ3v) is 4.66. The summed E-state index contributed by atoms with van der Waals surface area (Å²) < 4.78 is 12.3. The molecular formula is C20H17NO4. The van der Waals surface area contributed by atoms with Gasteiger partial charge >= 0.3 is 5.97 Å². The summed E-state index contributed by atoms with van der Waals surface area (Å²) in [4.78, 5) is 25.1. The molecule has 5 heteroatoms. The molecule has 2 heterocycles. The van der Waals surface area contributed by atoms with Crippen molar-refractivity contribution in [2.45, 2.75) is 19.1 Å². The monoisotopic (exact) mass is 335 g/mol. The van der Waals surface area contributed by atoms with E-state index in [9.17, 15) is 9.59 Å². The average Bonchev–Trinajstić information content (AvgIpc) is 2.96. The molecule has 0 saturated carbocycles. The molecule has 0 fully saturated rings. The van der Waals surface area contributed by atoms with Gasteiger partial charge in [-0.15, -0.1) is 0 Å². The molecule has 0 saturated heterocycles. The number of aryl methyl sites for hydroxylation is 1. The highest BCUT2D eigenvalue weighted by Crippen LogP contribution is 2.39. The fourth-order valence-electron chi connectivity index (χ4n) is 3.48. The van der Waals surface area contributed by atoms with E-state index in [0.717, 1.165) is 27.7 Å². The molecule has 2 aromatic carbocycles. The number of benzene rings is 2. The number of esters is 1. The van der Waals surface area contributed by atoms with Gasteiger partial charge in [0.15, 0.2) is 0 Å². The smallest absolute Gasteiger partial charge is 0.344 e. The number of nitrogens with zero attached hydrogens (tertiary/aromatic N) is 1. The van der Waals surface area contributed by atoms with E-state index in [4.69, 9.17) is 9.47 Å². The Hall–Kier alpha value is -2.92. The number of aromatic nitrogens is 1. The van der Waals surface area contributed by atoms with Crippen LogP contribution in [0, 0.1) is 6.92 Å². The number of methoxy groups -OCH3 is 1. The van der Waals surface area contributed by atoms with E-state index in [1.54, 1.807) is 4.57 Å². The second-order valence-corrected chi connectivity index (χ2v) is 6.03. The third kappa shape index (κ3) is 2.27. The molecule has 1 aliphatic rings. The minimum atomic E-state index is -1.28. The molecule has 0 aliphatic carbocycles. The first-order valence-corrected chi connectivity index (χ1v) is 8.06. The largest absolute Gasteiger partial charge is 0.467 e. The number of carbonyl (C=O) groups is 2. The van der Waals surface area contributed by atoms with Gasteiger partial charge in [-0.25, -0.2) is 4.79 Å². The van der Waals surface area contributed by atoms with Gasteiger partial charge in [0.2, 0.25) is 6.10 Å². The van der Waals surface area contributed by atoms with Gasteiger partial charge in [0.1, 0.15) is 6.10 Å². The number of hydrogen-bond acceptors (Lipinski definition) is 4. The zero-order chi connectivity index (χ0) is 17.6. The van der Waals surface area contributed by atoms with Gasteiger partial charge in [0.05, 0.1) is 18.3 Å². The van der Waals surface area contributed by atoms with Crippen molar-refractivity contribution in [3.05, 3.63) is 71.4 Å². The maximum atomic E-state index is 13.0. The van der Waals surface area contributed by atoms with E-state index in [0.29, 0.717) is 0 Å². The number of hydrogen-bond donors (Lipinski definition) is 0. The topological polar surface area (TPSA) is 57.5 Å². The molecular weight excluding hydrogens is 318 g/mol. The van der Waals surface area contributed by atoms with Crippen LogP contribution in [-0.2, 0) is 14.3 Å². The predicted molar refractivity (Wildman–Crippen MR) is 92.5 cm³/mol. The minimum Gasteiger partial charge on any atom is -0.467 e. The zero-order valence-electron chi connectivity index (χ0n) is 13.9. The summed E-state index contributed by atoms with van der Waals surface area (Å²) in [5, 5.41) is 0.973. The van der Waals surface area contributed by atoms with Crippen LogP contribution in [0.15, 0.2) is 54.6 Å². The molecule has 2 atom stereocenters. The summed E-state index contributed by atoms with van der Waals surface area (Å²) in [5.74, 6) is -1.11. The Kier molecular flexibility index (Phi) is 3.66. The Labute approximate surface area is 144 Å². The molecule has 1 aromatic heterocycles. The van der Waals surface area contributed by atoms with Crippen molar-refractivity contribution in [3.8, 4) is 0 Å². The second kappa shape index (κ2) is 5.86.